The van der Waals surface area contributed by atoms with Crippen molar-refractivity contribution in [2.45, 2.75) is 43.9 Å². The van der Waals surface area contributed by atoms with Crippen LogP contribution in [-0.2, 0) is 11.3 Å². The Hall–Kier alpha value is -2.57. The molecule has 0 unspecified atom stereocenters. The Morgan fingerprint density at radius 2 is 2.03 bits per heavy atom. The molecule has 2 atom stereocenters. The highest BCUT2D eigenvalue weighted by Crippen LogP contribution is 2.55. The molecule has 2 aromatic carbocycles. The molecule has 5 rings (SSSR count). The molecule has 6 nitrogen and oxygen atoms in total. The van der Waals surface area contributed by atoms with Crippen molar-refractivity contribution in [3.8, 4) is 11.5 Å². The van der Waals surface area contributed by atoms with Gasteiger partial charge in [0.2, 0.25) is 0 Å². The lowest BCUT2D eigenvalue weighted by Crippen LogP contribution is -2.57. The second kappa shape index (κ2) is 8.17. The third-order valence-electron chi connectivity index (χ3n) is 7.12. The summed E-state index contributed by atoms with van der Waals surface area (Å²) in [5, 5.41) is 9.26. The highest BCUT2D eigenvalue weighted by Gasteiger charge is 2.53. The second-order valence-electron chi connectivity index (χ2n) is 8.87. The summed E-state index contributed by atoms with van der Waals surface area (Å²) in [6.07, 6.45) is 4.09. The van der Waals surface area contributed by atoms with Crippen LogP contribution in [0.3, 0.4) is 0 Å². The van der Waals surface area contributed by atoms with Crippen LogP contribution >= 0.6 is 0 Å². The zero-order valence-corrected chi connectivity index (χ0v) is 17.9. The van der Waals surface area contributed by atoms with Crippen LogP contribution in [0.2, 0.25) is 0 Å². The molecule has 0 aromatic heterocycles. The van der Waals surface area contributed by atoms with Crippen molar-refractivity contribution < 1.29 is 24.1 Å². The number of aromatic carboxylic acids is 1. The Bertz CT molecular complexity index is 966. The van der Waals surface area contributed by atoms with Gasteiger partial charge in [0.1, 0.15) is 5.60 Å². The number of nitrogens with zero attached hydrogens (tertiary/aromatic N) is 1. The Morgan fingerprint density at radius 1 is 1.23 bits per heavy atom. The average molecular weight is 424 g/mol. The summed E-state index contributed by atoms with van der Waals surface area (Å²) in [7, 11) is 1.69. The van der Waals surface area contributed by atoms with Gasteiger partial charge in [0.25, 0.3) is 0 Å². The topological polar surface area (TPSA) is 68.2 Å². The van der Waals surface area contributed by atoms with E-state index in [1.165, 1.54) is 0 Å². The molecule has 3 aliphatic rings. The lowest BCUT2D eigenvalue weighted by Gasteiger charge is -2.53. The van der Waals surface area contributed by atoms with Crippen molar-refractivity contribution in [1.29, 1.82) is 0 Å². The van der Waals surface area contributed by atoms with Crippen molar-refractivity contribution in [1.82, 2.24) is 4.90 Å². The molecule has 0 radical (unpaired) electrons. The number of likely N-dealkylation sites (tertiary alicyclic amines) is 1. The first-order chi connectivity index (χ1) is 15.1. The number of piperidine rings is 1. The number of ether oxygens (including phenoxy) is 3. The fourth-order valence-corrected chi connectivity index (χ4v) is 5.56. The predicted octanol–water partition coefficient (Wildman–Crippen LogP) is 4.29. The zero-order valence-electron chi connectivity index (χ0n) is 17.9. The van der Waals surface area contributed by atoms with Gasteiger partial charge in [-0.25, -0.2) is 4.79 Å². The Labute approximate surface area is 182 Å². The van der Waals surface area contributed by atoms with Crippen molar-refractivity contribution >= 4 is 5.97 Å². The maximum atomic E-state index is 11.3. The van der Waals surface area contributed by atoms with Gasteiger partial charge in [-0.1, -0.05) is 24.3 Å². The molecule has 3 aliphatic heterocycles. The van der Waals surface area contributed by atoms with Crippen LogP contribution in [0.5, 0.6) is 11.5 Å². The van der Waals surface area contributed by atoms with Crippen LogP contribution < -0.4 is 9.47 Å². The van der Waals surface area contributed by atoms with Crippen molar-refractivity contribution in [3.05, 3.63) is 59.2 Å². The highest BCUT2D eigenvalue weighted by molar-refractivity contribution is 5.87. The third kappa shape index (κ3) is 3.68. The smallest absolute Gasteiger partial charge is 0.335 e. The number of carboxylic acids is 1. The van der Waals surface area contributed by atoms with Crippen LogP contribution in [0.15, 0.2) is 42.5 Å². The summed E-state index contributed by atoms with van der Waals surface area (Å²) in [5.74, 6) is 1.08. The number of rotatable bonds is 4. The van der Waals surface area contributed by atoms with Crippen molar-refractivity contribution in [2.24, 2.45) is 5.92 Å². The molecule has 1 spiro atoms. The summed E-state index contributed by atoms with van der Waals surface area (Å²) in [4.78, 5) is 13.7. The number of para-hydroxylation sites is 1. The van der Waals surface area contributed by atoms with Crippen LogP contribution in [0.1, 0.15) is 53.3 Å². The third-order valence-corrected chi connectivity index (χ3v) is 7.12. The molecule has 2 saturated heterocycles. The first kappa shape index (κ1) is 20.3. The minimum atomic E-state index is -0.883. The van der Waals surface area contributed by atoms with E-state index < -0.39 is 5.97 Å². The van der Waals surface area contributed by atoms with E-state index in [-0.39, 0.29) is 11.7 Å². The van der Waals surface area contributed by atoms with Gasteiger partial charge >= 0.3 is 5.97 Å². The van der Waals surface area contributed by atoms with E-state index in [1.807, 2.05) is 24.3 Å². The van der Waals surface area contributed by atoms with Gasteiger partial charge in [0, 0.05) is 50.6 Å². The van der Waals surface area contributed by atoms with Crippen LogP contribution in [0.25, 0.3) is 0 Å². The van der Waals surface area contributed by atoms with Crippen molar-refractivity contribution in [3.63, 3.8) is 0 Å². The minimum absolute atomic E-state index is 0.0615. The van der Waals surface area contributed by atoms with E-state index >= 15 is 0 Å². The first-order valence-corrected chi connectivity index (χ1v) is 11.1. The summed E-state index contributed by atoms with van der Waals surface area (Å²) >= 11 is 0. The molecule has 0 amide bonds. The van der Waals surface area contributed by atoms with Crippen LogP contribution in [0, 0.1) is 5.92 Å². The van der Waals surface area contributed by atoms with E-state index in [9.17, 15) is 9.90 Å². The predicted molar refractivity (Wildman–Crippen MR) is 116 cm³/mol. The molecule has 2 fully saturated rings. The summed E-state index contributed by atoms with van der Waals surface area (Å²) in [6, 6.07) is 13.3. The second-order valence-corrected chi connectivity index (χ2v) is 8.87. The quantitative estimate of drug-likeness (QED) is 0.791. The molecule has 0 bridgehead atoms. The molecule has 1 N–H and O–H groups in total. The molecule has 3 heterocycles. The van der Waals surface area contributed by atoms with E-state index in [0.717, 1.165) is 74.6 Å². The Kier molecular flexibility index (Phi) is 5.36. The Balaban J connectivity index is 1.36. The highest BCUT2D eigenvalue weighted by atomic mass is 16.5. The number of methoxy groups -OCH3 is 1. The normalized spacial score (nSPS) is 24.7. The molecule has 2 aromatic rings. The SMILES string of the molecule is COc1cccc2c1OC1(CCN(Cc3cccc(C(=O)O)c3)CC1)[C@H]1CCCO[C@H]21. The molecule has 0 saturated carbocycles. The standard InChI is InChI=1S/C25H29NO5/c1-29-21-9-3-7-19-22-20(8-4-14-30-22)25(31-23(19)21)10-12-26(13-11-25)16-17-5-2-6-18(15-17)24(27)28/h2-3,5-7,9,15,20,22H,4,8,10-14,16H2,1H3,(H,27,28)/t20-,22+/m0/s1. The van der Waals surface area contributed by atoms with E-state index in [0.29, 0.717) is 11.5 Å². The maximum Gasteiger partial charge on any atom is 0.335 e. The number of carbonyl (C=O) groups is 1. The van der Waals surface area contributed by atoms with Crippen molar-refractivity contribution in [2.75, 3.05) is 26.8 Å². The van der Waals surface area contributed by atoms with Gasteiger partial charge in [-0.3, -0.25) is 4.90 Å². The van der Waals surface area contributed by atoms with E-state index in [2.05, 4.69) is 11.0 Å². The molecule has 6 heteroatoms. The number of benzene rings is 2. The fraction of sp³-hybridized carbons (Fsp3) is 0.480. The largest absolute Gasteiger partial charge is 0.493 e. The summed E-state index contributed by atoms with van der Waals surface area (Å²) in [6.45, 7) is 3.36. The molecular formula is C25H29NO5. The van der Waals surface area contributed by atoms with Gasteiger partial charge in [-0.2, -0.15) is 0 Å². The molecule has 164 valence electrons. The maximum absolute atomic E-state index is 11.3. The van der Waals surface area contributed by atoms with Gasteiger partial charge in [-0.15, -0.1) is 0 Å². The number of fused-ring (bicyclic) bond motifs is 4. The van der Waals surface area contributed by atoms with Gasteiger partial charge in [-0.05, 0) is 36.6 Å². The van der Waals surface area contributed by atoms with E-state index in [4.69, 9.17) is 14.2 Å². The van der Waals surface area contributed by atoms with E-state index in [1.54, 1.807) is 19.2 Å². The lowest BCUT2D eigenvalue weighted by atomic mass is 9.70. The fourth-order valence-electron chi connectivity index (χ4n) is 5.56. The lowest BCUT2D eigenvalue weighted by molar-refractivity contribution is -0.150. The molecular weight excluding hydrogens is 394 g/mol. The number of hydrogen-bond acceptors (Lipinski definition) is 5. The molecule has 0 aliphatic carbocycles. The average Bonchev–Trinajstić information content (AvgIpc) is 2.81. The number of hydrogen-bond donors (Lipinski definition) is 1. The minimum Gasteiger partial charge on any atom is -0.493 e. The zero-order chi connectivity index (χ0) is 21.4. The van der Waals surface area contributed by atoms with Crippen LogP contribution in [0.4, 0.5) is 0 Å². The summed E-state index contributed by atoms with van der Waals surface area (Å²) < 4.78 is 18.7. The number of carboxylic acid groups (broad SMARTS) is 1. The Morgan fingerprint density at radius 3 is 2.81 bits per heavy atom. The van der Waals surface area contributed by atoms with Crippen LogP contribution in [-0.4, -0.2) is 48.4 Å². The molecule has 31 heavy (non-hydrogen) atoms. The monoisotopic (exact) mass is 423 g/mol. The summed E-state index contributed by atoms with van der Waals surface area (Å²) in [5.41, 5.74) is 2.24. The van der Waals surface area contributed by atoms with Gasteiger partial charge in [0.05, 0.1) is 18.8 Å². The van der Waals surface area contributed by atoms with Gasteiger partial charge < -0.3 is 19.3 Å². The first-order valence-electron chi connectivity index (χ1n) is 11.1. The van der Waals surface area contributed by atoms with Gasteiger partial charge in [0.15, 0.2) is 11.5 Å².